The van der Waals surface area contributed by atoms with Crippen molar-refractivity contribution in [3.63, 3.8) is 0 Å². The summed E-state index contributed by atoms with van der Waals surface area (Å²) in [6.07, 6.45) is 6.65. The topological polar surface area (TPSA) is 57.5 Å². The lowest BCUT2D eigenvalue weighted by Crippen LogP contribution is -2.34. The van der Waals surface area contributed by atoms with Gasteiger partial charge >= 0.3 is 5.97 Å². The minimum absolute atomic E-state index is 0.243. The van der Waals surface area contributed by atoms with Crippen molar-refractivity contribution < 1.29 is 15.0 Å². The zero-order valence-corrected chi connectivity index (χ0v) is 9.96. The molecule has 0 amide bonds. The third-order valence-corrected chi connectivity index (χ3v) is 3.19. The molecule has 0 aliphatic rings. The van der Waals surface area contributed by atoms with Gasteiger partial charge in [-0.3, -0.25) is 4.79 Å². The molecule has 0 aliphatic heterocycles. The van der Waals surface area contributed by atoms with Crippen LogP contribution in [0.4, 0.5) is 0 Å². The summed E-state index contributed by atoms with van der Waals surface area (Å²) in [6, 6.07) is 0. The maximum absolute atomic E-state index is 11.0. The molecule has 0 bridgehead atoms. The van der Waals surface area contributed by atoms with Crippen LogP contribution in [0.25, 0.3) is 0 Å². The number of unbranched alkanes of at least 4 members (excludes halogenated alkanes) is 4. The van der Waals surface area contributed by atoms with Gasteiger partial charge in [0.05, 0.1) is 12.0 Å². The van der Waals surface area contributed by atoms with Gasteiger partial charge in [-0.05, 0) is 12.8 Å². The van der Waals surface area contributed by atoms with Gasteiger partial charge in [-0.25, -0.2) is 0 Å². The van der Waals surface area contributed by atoms with Crippen LogP contribution in [0.2, 0.25) is 0 Å². The van der Waals surface area contributed by atoms with Crippen LogP contribution in [0.15, 0.2) is 0 Å². The monoisotopic (exact) mass is 216 g/mol. The van der Waals surface area contributed by atoms with Crippen molar-refractivity contribution in [1.29, 1.82) is 0 Å². The van der Waals surface area contributed by atoms with Gasteiger partial charge in [0.15, 0.2) is 0 Å². The van der Waals surface area contributed by atoms with E-state index in [0.717, 1.165) is 12.8 Å². The zero-order valence-electron chi connectivity index (χ0n) is 9.96. The molecule has 0 aliphatic carbocycles. The molecular formula is C12H24O3. The van der Waals surface area contributed by atoms with Crippen molar-refractivity contribution >= 4 is 5.97 Å². The molecule has 0 aromatic rings. The molecule has 0 heterocycles. The predicted molar refractivity (Wildman–Crippen MR) is 60.8 cm³/mol. The molecule has 0 radical (unpaired) electrons. The summed E-state index contributed by atoms with van der Waals surface area (Å²) in [7, 11) is 0. The predicted octanol–water partition coefficient (Wildman–Crippen LogP) is 2.82. The van der Waals surface area contributed by atoms with Gasteiger partial charge in [-0.2, -0.15) is 0 Å². The third kappa shape index (κ3) is 4.65. The Bertz CT molecular complexity index is 174. The largest absolute Gasteiger partial charge is 0.481 e. The zero-order chi connectivity index (χ0) is 11.7. The molecule has 0 saturated carbocycles. The van der Waals surface area contributed by atoms with Gasteiger partial charge in [0.1, 0.15) is 0 Å². The first-order chi connectivity index (χ1) is 7.13. The lowest BCUT2D eigenvalue weighted by molar-refractivity contribution is -0.152. The summed E-state index contributed by atoms with van der Waals surface area (Å²) < 4.78 is 0. The summed E-state index contributed by atoms with van der Waals surface area (Å²) in [5.41, 5.74) is -0.897. The molecule has 2 N–H and O–H groups in total. The van der Waals surface area contributed by atoms with Crippen LogP contribution in [0.1, 0.15) is 58.8 Å². The molecule has 3 heteroatoms. The van der Waals surface area contributed by atoms with Crippen LogP contribution in [-0.4, -0.2) is 22.8 Å². The Hall–Kier alpha value is -0.570. The molecule has 90 valence electrons. The fourth-order valence-electron chi connectivity index (χ4n) is 1.76. The summed E-state index contributed by atoms with van der Waals surface area (Å²) in [6.45, 7) is 3.74. The highest BCUT2D eigenvalue weighted by Crippen LogP contribution is 2.29. The highest BCUT2D eigenvalue weighted by molar-refractivity contribution is 5.74. The first-order valence-corrected chi connectivity index (χ1v) is 5.97. The van der Waals surface area contributed by atoms with Crippen molar-refractivity contribution in [2.24, 2.45) is 5.41 Å². The molecule has 0 saturated heterocycles. The van der Waals surface area contributed by atoms with Crippen LogP contribution in [0, 0.1) is 5.41 Å². The fourth-order valence-corrected chi connectivity index (χ4v) is 1.76. The second-order valence-electron chi connectivity index (χ2n) is 4.26. The maximum Gasteiger partial charge on any atom is 0.311 e. The summed E-state index contributed by atoms with van der Waals surface area (Å²) >= 11 is 0. The molecular weight excluding hydrogens is 192 g/mol. The Labute approximate surface area is 92.5 Å². The van der Waals surface area contributed by atoms with E-state index in [1.165, 1.54) is 19.3 Å². The lowest BCUT2D eigenvalue weighted by atomic mass is 9.81. The van der Waals surface area contributed by atoms with E-state index in [0.29, 0.717) is 12.8 Å². The van der Waals surface area contributed by atoms with Crippen molar-refractivity contribution in [3.05, 3.63) is 0 Å². The summed E-state index contributed by atoms with van der Waals surface area (Å²) in [4.78, 5) is 11.0. The van der Waals surface area contributed by atoms with Crippen molar-refractivity contribution in [2.45, 2.75) is 58.8 Å². The van der Waals surface area contributed by atoms with E-state index in [-0.39, 0.29) is 6.61 Å². The minimum Gasteiger partial charge on any atom is -0.481 e. The molecule has 15 heavy (non-hydrogen) atoms. The van der Waals surface area contributed by atoms with Gasteiger partial charge in [-0.15, -0.1) is 0 Å². The van der Waals surface area contributed by atoms with Crippen LogP contribution < -0.4 is 0 Å². The van der Waals surface area contributed by atoms with E-state index < -0.39 is 11.4 Å². The smallest absolute Gasteiger partial charge is 0.311 e. The highest BCUT2D eigenvalue weighted by atomic mass is 16.4. The second-order valence-corrected chi connectivity index (χ2v) is 4.26. The Kier molecular flexibility index (Phi) is 7.39. The summed E-state index contributed by atoms with van der Waals surface area (Å²) in [5, 5.41) is 18.2. The van der Waals surface area contributed by atoms with E-state index in [1.807, 2.05) is 6.92 Å². The Morgan fingerprint density at radius 1 is 1.13 bits per heavy atom. The number of aliphatic carboxylic acids is 1. The van der Waals surface area contributed by atoms with E-state index in [1.54, 1.807) is 0 Å². The molecule has 0 fully saturated rings. The Morgan fingerprint density at radius 2 is 1.73 bits per heavy atom. The first-order valence-electron chi connectivity index (χ1n) is 5.97. The molecule has 0 aromatic carbocycles. The van der Waals surface area contributed by atoms with Crippen LogP contribution in [0.3, 0.4) is 0 Å². The molecule has 0 spiro atoms. The van der Waals surface area contributed by atoms with E-state index >= 15 is 0 Å². The maximum atomic E-state index is 11.0. The summed E-state index contributed by atoms with van der Waals surface area (Å²) in [5.74, 6) is -0.858. The van der Waals surface area contributed by atoms with Gasteiger partial charge in [-0.1, -0.05) is 46.0 Å². The average Bonchev–Trinajstić information content (AvgIpc) is 2.23. The van der Waals surface area contributed by atoms with Crippen molar-refractivity contribution in [2.75, 3.05) is 6.61 Å². The minimum atomic E-state index is -0.897. The lowest BCUT2D eigenvalue weighted by Gasteiger charge is -2.25. The van der Waals surface area contributed by atoms with Crippen LogP contribution in [-0.2, 0) is 4.79 Å². The van der Waals surface area contributed by atoms with E-state index in [2.05, 4.69) is 6.92 Å². The number of hydrogen-bond donors (Lipinski definition) is 2. The van der Waals surface area contributed by atoms with Crippen LogP contribution >= 0.6 is 0 Å². The van der Waals surface area contributed by atoms with E-state index in [4.69, 9.17) is 10.2 Å². The number of hydrogen-bond acceptors (Lipinski definition) is 2. The molecule has 1 unspecified atom stereocenters. The SMILES string of the molecule is CCCCCCCC(CC)(CO)C(=O)O. The first kappa shape index (κ1) is 14.4. The Morgan fingerprint density at radius 3 is 2.13 bits per heavy atom. The van der Waals surface area contributed by atoms with Gasteiger partial charge < -0.3 is 10.2 Å². The molecule has 0 rings (SSSR count). The number of carboxylic acid groups (broad SMARTS) is 1. The molecule has 1 atom stereocenters. The number of aliphatic hydroxyl groups excluding tert-OH is 1. The van der Waals surface area contributed by atoms with Crippen molar-refractivity contribution in [1.82, 2.24) is 0 Å². The Balaban J connectivity index is 3.91. The third-order valence-electron chi connectivity index (χ3n) is 3.19. The standard InChI is InChI=1S/C12H24O3/c1-3-5-6-7-8-9-12(4-2,10-13)11(14)15/h13H,3-10H2,1-2H3,(H,14,15). The normalized spacial score (nSPS) is 14.9. The van der Waals surface area contributed by atoms with Gasteiger partial charge in [0.25, 0.3) is 0 Å². The number of rotatable bonds is 9. The number of carboxylic acids is 1. The second kappa shape index (κ2) is 7.69. The quantitative estimate of drug-likeness (QED) is 0.583. The van der Waals surface area contributed by atoms with Gasteiger partial charge in [0.2, 0.25) is 0 Å². The van der Waals surface area contributed by atoms with Crippen molar-refractivity contribution in [3.8, 4) is 0 Å². The highest BCUT2D eigenvalue weighted by Gasteiger charge is 2.35. The van der Waals surface area contributed by atoms with Crippen LogP contribution in [0.5, 0.6) is 0 Å². The van der Waals surface area contributed by atoms with E-state index in [9.17, 15) is 4.79 Å². The average molecular weight is 216 g/mol. The molecule has 3 nitrogen and oxygen atoms in total. The molecule has 0 aromatic heterocycles. The fraction of sp³-hybridized carbons (Fsp3) is 0.917. The number of carbonyl (C=O) groups is 1. The number of aliphatic hydroxyl groups is 1. The van der Waals surface area contributed by atoms with Gasteiger partial charge in [0, 0.05) is 0 Å².